The number of carbonyl (C=O) groups is 1. The molecule has 1 aromatic carbocycles. The molecule has 0 atom stereocenters. The lowest BCUT2D eigenvalue weighted by Crippen LogP contribution is -2.24. The minimum absolute atomic E-state index is 0.257. The number of hydrogen-bond acceptors (Lipinski definition) is 4. The molecule has 5 heteroatoms. The van der Waals surface area contributed by atoms with Crippen LogP contribution >= 0.6 is 0 Å². The summed E-state index contributed by atoms with van der Waals surface area (Å²) >= 11 is 0. The van der Waals surface area contributed by atoms with Gasteiger partial charge in [0.15, 0.2) is 0 Å². The van der Waals surface area contributed by atoms with Crippen molar-refractivity contribution in [2.24, 2.45) is 0 Å². The molecule has 1 heterocycles. The highest BCUT2D eigenvalue weighted by atomic mass is 16.5. The number of alkyl carbamates (subject to hydrolysis) is 1. The molecular formula is C18H19N3O2. The number of aryl methyl sites for hydroxylation is 1. The average Bonchev–Trinajstić information content (AvgIpc) is 2.57. The van der Waals surface area contributed by atoms with Crippen molar-refractivity contribution in [3.05, 3.63) is 59.4 Å². The van der Waals surface area contributed by atoms with Crippen LogP contribution in [-0.2, 0) is 11.3 Å². The number of carbonyl (C=O) groups excluding carboxylic acids is 1. The Morgan fingerprint density at radius 1 is 1.35 bits per heavy atom. The second-order valence-electron chi connectivity index (χ2n) is 4.94. The second kappa shape index (κ2) is 8.44. The van der Waals surface area contributed by atoms with Crippen LogP contribution in [0.2, 0.25) is 0 Å². The van der Waals surface area contributed by atoms with Gasteiger partial charge in [0.2, 0.25) is 0 Å². The summed E-state index contributed by atoms with van der Waals surface area (Å²) in [5, 5.41) is 2.66. The van der Waals surface area contributed by atoms with Crippen LogP contribution in [0, 0.1) is 18.8 Å². The Morgan fingerprint density at radius 2 is 2.13 bits per heavy atom. The van der Waals surface area contributed by atoms with Crippen LogP contribution in [0.15, 0.2) is 42.6 Å². The Bertz CT molecular complexity index is 718. The Balaban J connectivity index is 1.68. The molecule has 1 amide bonds. The quantitative estimate of drug-likeness (QED) is 0.672. The van der Waals surface area contributed by atoms with E-state index in [0.29, 0.717) is 18.7 Å². The van der Waals surface area contributed by atoms with Crippen molar-refractivity contribution in [3.8, 4) is 11.8 Å². The third-order valence-corrected chi connectivity index (χ3v) is 3.09. The van der Waals surface area contributed by atoms with Gasteiger partial charge < -0.3 is 15.8 Å². The summed E-state index contributed by atoms with van der Waals surface area (Å²) in [6, 6.07) is 11.3. The number of nitrogens with zero attached hydrogens (tertiary/aromatic N) is 1. The summed E-state index contributed by atoms with van der Waals surface area (Å²) in [6.07, 6.45) is 1.76. The SMILES string of the molecule is Cc1ncc(C#CCCNC(=O)OCc2ccccc2)cc1N. The number of hydrogen-bond donors (Lipinski definition) is 2. The maximum atomic E-state index is 11.5. The molecule has 0 spiro atoms. The monoisotopic (exact) mass is 309 g/mol. The zero-order valence-corrected chi connectivity index (χ0v) is 13.0. The first-order chi connectivity index (χ1) is 11.1. The van der Waals surface area contributed by atoms with Gasteiger partial charge in [0, 0.05) is 24.7 Å². The molecule has 3 N–H and O–H groups in total. The zero-order chi connectivity index (χ0) is 16.5. The predicted octanol–water partition coefficient (Wildman–Crippen LogP) is 2.64. The molecule has 2 aromatic rings. The first kappa shape index (κ1) is 16.4. The number of pyridine rings is 1. The summed E-state index contributed by atoms with van der Waals surface area (Å²) in [6.45, 7) is 2.53. The summed E-state index contributed by atoms with van der Waals surface area (Å²) in [4.78, 5) is 15.7. The molecule has 0 bridgehead atoms. The van der Waals surface area contributed by atoms with E-state index in [1.54, 1.807) is 12.3 Å². The van der Waals surface area contributed by atoms with Crippen molar-refractivity contribution in [1.29, 1.82) is 0 Å². The van der Waals surface area contributed by atoms with Gasteiger partial charge in [-0.15, -0.1) is 0 Å². The summed E-state index contributed by atoms with van der Waals surface area (Å²) < 4.78 is 5.10. The smallest absolute Gasteiger partial charge is 0.407 e. The number of nitrogens with one attached hydrogen (secondary N) is 1. The van der Waals surface area contributed by atoms with Crippen LogP contribution in [0.1, 0.15) is 23.2 Å². The van der Waals surface area contributed by atoms with E-state index >= 15 is 0 Å². The van der Waals surface area contributed by atoms with Gasteiger partial charge in [-0.3, -0.25) is 4.98 Å². The van der Waals surface area contributed by atoms with Gasteiger partial charge in [0.1, 0.15) is 6.61 Å². The van der Waals surface area contributed by atoms with E-state index in [4.69, 9.17) is 10.5 Å². The van der Waals surface area contributed by atoms with Crippen molar-refractivity contribution in [3.63, 3.8) is 0 Å². The predicted molar refractivity (Wildman–Crippen MR) is 89.5 cm³/mol. The van der Waals surface area contributed by atoms with Gasteiger partial charge in [0.25, 0.3) is 0 Å². The molecule has 23 heavy (non-hydrogen) atoms. The molecule has 5 nitrogen and oxygen atoms in total. The third-order valence-electron chi connectivity index (χ3n) is 3.09. The number of amides is 1. The summed E-state index contributed by atoms with van der Waals surface area (Å²) in [7, 11) is 0. The number of anilines is 1. The van der Waals surface area contributed by atoms with Gasteiger partial charge in [-0.05, 0) is 18.6 Å². The lowest BCUT2D eigenvalue weighted by molar-refractivity contribution is 0.140. The Kier molecular flexibility index (Phi) is 6.01. The second-order valence-corrected chi connectivity index (χ2v) is 4.94. The van der Waals surface area contributed by atoms with E-state index < -0.39 is 6.09 Å². The van der Waals surface area contributed by atoms with Gasteiger partial charge in [-0.1, -0.05) is 42.2 Å². The first-order valence-electron chi connectivity index (χ1n) is 7.30. The molecule has 0 aliphatic carbocycles. The van der Waals surface area contributed by atoms with Gasteiger partial charge >= 0.3 is 6.09 Å². The minimum atomic E-state index is -0.447. The molecule has 0 saturated heterocycles. The maximum absolute atomic E-state index is 11.5. The third kappa shape index (κ3) is 5.71. The number of benzene rings is 1. The summed E-state index contributed by atoms with van der Waals surface area (Å²) in [5.74, 6) is 5.92. The van der Waals surface area contributed by atoms with Crippen molar-refractivity contribution < 1.29 is 9.53 Å². The molecule has 0 aliphatic rings. The largest absolute Gasteiger partial charge is 0.445 e. The van der Waals surface area contributed by atoms with Crippen molar-refractivity contribution in [1.82, 2.24) is 10.3 Å². The average molecular weight is 309 g/mol. The molecule has 0 unspecified atom stereocenters. The fourth-order valence-electron chi connectivity index (χ4n) is 1.78. The number of nitrogens with two attached hydrogens (primary N) is 1. The molecule has 0 radical (unpaired) electrons. The van der Waals surface area contributed by atoms with Crippen molar-refractivity contribution in [2.45, 2.75) is 20.0 Å². The highest BCUT2D eigenvalue weighted by molar-refractivity contribution is 5.67. The van der Waals surface area contributed by atoms with Crippen LogP contribution in [0.5, 0.6) is 0 Å². The molecule has 118 valence electrons. The molecule has 1 aromatic heterocycles. The lowest BCUT2D eigenvalue weighted by atomic mass is 10.2. The standard InChI is InChI=1S/C18H19N3O2/c1-14-17(19)11-16(12-21-14)9-5-6-10-20-18(22)23-13-15-7-3-2-4-8-15/h2-4,7-8,11-12H,6,10,13,19H2,1H3,(H,20,22). The van der Waals surface area contributed by atoms with Gasteiger partial charge in [-0.2, -0.15) is 0 Å². The Morgan fingerprint density at radius 3 is 2.87 bits per heavy atom. The first-order valence-corrected chi connectivity index (χ1v) is 7.30. The van der Waals surface area contributed by atoms with E-state index in [2.05, 4.69) is 22.1 Å². The van der Waals surface area contributed by atoms with Gasteiger partial charge in [0.05, 0.1) is 11.4 Å². The fraction of sp³-hybridized carbons (Fsp3) is 0.222. The normalized spacial score (nSPS) is 9.61. The molecular weight excluding hydrogens is 290 g/mol. The van der Waals surface area contributed by atoms with E-state index in [9.17, 15) is 4.79 Å². The van der Waals surface area contributed by atoms with Crippen LogP contribution < -0.4 is 11.1 Å². The minimum Gasteiger partial charge on any atom is -0.445 e. The number of ether oxygens (including phenoxy) is 1. The lowest BCUT2D eigenvalue weighted by Gasteiger charge is -2.05. The molecule has 2 rings (SSSR count). The van der Waals surface area contributed by atoms with E-state index in [-0.39, 0.29) is 6.61 Å². The van der Waals surface area contributed by atoms with Crippen molar-refractivity contribution in [2.75, 3.05) is 12.3 Å². The fourth-order valence-corrected chi connectivity index (χ4v) is 1.78. The van der Waals surface area contributed by atoms with E-state index in [1.165, 1.54) is 0 Å². The maximum Gasteiger partial charge on any atom is 0.407 e. The summed E-state index contributed by atoms with van der Waals surface area (Å²) in [5.41, 5.74) is 8.90. The number of aromatic nitrogens is 1. The van der Waals surface area contributed by atoms with Crippen LogP contribution in [0.3, 0.4) is 0 Å². The van der Waals surface area contributed by atoms with E-state index in [0.717, 1.165) is 16.8 Å². The number of nitrogen functional groups attached to an aromatic ring is 1. The molecule has 0 saturated carbocycles. The van der Waals surface area contributed by atoms with Crippen molar-refractivity contribution >= 4 is 11.8 Å². The van der Waals surface area contributed by atoms with E-state index in [1.807, 2.05) is 37.3 Å². The number of rotatable bonds is 4. The highest BCUT2D eigenvalue weighted by Gasteiger charge is 2.00. The highest BCUT2D eigenvalue weighted by Crippen LogP contribution is 2.08. The Hall–Kier alpha value is -3.00. The zero-order valence-electron chi connectivity index (χ0n) is 13.0. The topological polar surface area (TPSA) is 77.2 Å². The van der Waals surface area contributed by atoms with Crippen LogP contribution in [-0.4, -0.2) is 17.6 Å². The van der Waals surface area contributed by atoms with Crippen LogP contribution in [0.4, 0.5) is 10.5 Å². The van der Waals surface area contributed by atoms with Crippen LogP contribution in [0.25, 0.3) is 0 Å². The molecule has 0 aliphatic heterocycles. The molecule has 0 fully saturated rings. The Labute approximate surface area is 135 Å². The van der Waals surface area contributed by atoms with Gasteiger partial charge in [-0.25, -0.2) is 4.79 Å².